The van der Waals surface area contributed by atoms with Crippen LogP contribution in [-0.2, 0) is 16.6 Å². The highest BCUT2D eigenvalue weighted by Crippen LogP contribution is 2.36. The van der Waals surface area contributed by atoms with Crippen molar-refractivity contribution in [1.82, 2.24) is 0 Å². The molecule has 0 atom stereocenters. The number of anilines is 1. The van der Waals surface area contributed by atoms with Gasteiger partial charge in [0, 0.05) is 10.9 Å². The molecule has 1 aliphatic rings. The monoisotopic (exact) mass is 405 g/mol. The fourth-order valence-electron chi connectivity index (χ4n) is 2.80. The lowest BCUT2D eigenvalue weighted by atomic mass is 10.2. The van der Waals surface area contributed by atoms with Crippen LogP contribution in [-0.4, -0.2) is 21.6 Å². The molecule has 2 heterocycles. The number of nitrogens with zero attached hydrogens (tertiary/aromatic N) is 1. The molecule has 2 aromatic carbocycles. The van der Waals surface area contributed by atoms with E-state index in [1.165, 1.54) is 33.8 Å². The van der Waals surface area contributed by atoms with E-state index in [-0.39, 0.29) is 11.4 Å². The zero-order valence-corrected chi connectivity index (χ0v) is 15.8. The van der Waals surface area contributed by atoms with Crippen LogP contribution in [0.5, 0.6) is 11.5 Å². The van der Waals surface area contributed by atoms with Gasteiger partial charge in [0.15, 0.2) is 11.5 Å². The lowest BCUT2D eigenvalue weighted by Crippen LogP contribution is -2.30. The Bertz CT molecular complexity index is 1050. The summed E-state index contributed by atoms with van der Waals surface area (Å²) in [6.07, 6.45) is 0. The summed E-state index contributed by atoms with van der Waals surface area (Å²) in [5, 5.41) is 1.88. The van der Waals surface area contributed by atoms with Crippen molar-refractivity contribution in [3.63, 3.8) is 0 Å². The predicted molar refractivity (Wildman–Crippen MR) is 102 cm³/mol. The van der Waals surface area contributed by atoms with Crippen molar-refractivity contribution < 1.29 is 22.3 Å². The Balaban J connectivity index is 1.79. The first-order valence-corrected chi connectivity index (χ1v) is 10.6. The molecule has 5 nitrogen and oxygen atoms in total. The van der Waals surface area contributed by atoms with Crippen LogP contribution in [0.25, 0.3) is 0 Å². The Morgan fingerprint density at radius 1 is 1.00 bits per heavy atom. The van der Waals surface area contributed by atoms with Gasteiger partial charge in [-0.1, -0.05) is 12.1 Å². The van der Waals surface area contributed by atoms with Gasteiger partial charge in [0.25, 0.3) is 10.0 Å². The van der Waals surface area contributed by atoms with Crippen LogP contribution in [0.3, 0.4) is 0 Å². The third-order valence-electron chi connectivity index (χ3n) is 4.08. The van der Waals surface area contributed by atoms with Crippen LogP contribution in [0.15, 0.2) is 64.9 Å². The van der Waals surface area contributed by atoms with Crippen molar-refractivity contribution in [3.05, 3.63) is 70.7 Å². The Morgan fingerprint density at radius 2 is 1.81 bits per heavy atom. The average molecular weight is 405 g/mol. The molecule has 1 aliphatic heterocycles. The first kappa shape index (κ1) is 17.8. The molecule has 0 N–H and O–H groups in total. The number of thiophene rings is 1. The van der Waals surface area contributed by atoms with Crippen molar-refractivity contribution in [1.29, 1.82) is 0 Å². The minimum Gasteiger partial charge on any atom is -0.486 e. The van der Waals surface area contributed by atoms with Gasteiger partial charge in [0.1, 0.15) is 19.0 Å². The maximum atomic E-state index is 13.6. The second-order valence-corrected chi connectivity index (χ2v) is 8.77. The Labute approximate surface area is 160 Å². The molecule has 3 aromatic rings. The summed E-state index contributed by atoms with van der Waals surface area (Å²) in [6.45, 7) is 0.987. The van der Waals surface area contributed by atoms with Gasteiger partial charge in [-0.25, -0.2) is 12.8 Å². The molecule has 0 amide bonds. The van der Waals surface area contributed by atoms with Crippen LogP contribution in [0.1, 0.15) is 4.88 Å². The van der Waals surface area contributed by atoms with E-state index in [9.17, 15) is 12.8 Å². The standard InChI is InChI=1S/C19H16FNO4S2/c20-14-3-1-5-17(11-14)27(22,23)21(13-16-4-2-10-26-16)15-6-7-18-19(12-15)25-9-8-24-18/h1-7,10-12H,8-9,13H2. The predicted octanol–water partition coefficient (Wildman–Crippen LogP) is 4.05. The van der Waals surface area contributed by atoms with Crippen LogP contribution in [0.2, 0.25) is 0 Å². The lowest BCUT2D eigenvalue weighted by Gasteiger charge is -2.26. The third-order valence-corrected chi connectivity index (χ3v) is 6.71. The topological polar surface area (TPSA) is 55.8 Å². The number of hydrogen-bond donors (Lipinski definition) is 0. The van der Waals surface area contributed by atoms with Gasteiger partial charge in [-0.3, -0.25) is 4.31 Å². The van der Waals surface area contributed by atoms with E-state index in [0.29, 0.717) is 30.4 Å². The Kier molecular flexibility index (Phi) is 4.75. The molecule has 0 radical (unpaired) electrons. The van der Waals surface area contributed by atoms with E-state index in [0.717, 1.165) is 10.9 Å². The number of sulfonamides is 1. The summed E-state index contributed by atoms with van der Waals surface area (Å²) in [7, 11) is -3.98. The van der Waals surface area contributed by atoms with Crippen LogP contribution in [0.4, 0.5) is 10.1 Å². The van der Waals surface area contributed by atoms with Crippen molar-refractivity contribution in [2.24, 2.45) is 0 Å². The van der Waals surface area contributed by atoms with E-state index in [2.05, 4.69) is 0 Å². The van der Waals surface area contributed by atoms with Gasteiger partial charge in [0.2, 0.25) is 0 Å². The van der Waals surface area contributed by atoms with E-state index in [1.807, 2.05) is 17.5 Å². The van der Waals surface area contributed by atoms with Crippen LogP contribution in [0, 0.1) is 5.82 Å². The molecule has 27 heavy (non-hydrogen) atoms. The molecule has 0 saturated carbocycles. The first-order valence-electron chi connectivity index (χ1n) is 8.24. The third kappa shape index (κ3) is 3.63. The molecule has 0 bridgehead atoms. The van der Waals surface area contributed by atoms with Crippen molar-refractivity contribution in [3.8, 4) is 11.5 Å². The molecule has 0 fully saturated rings. The first-order chi connectivity index (χ1) is 13.0. The number of halogens is 1. The molecule has 1 aromatic heterocycles. The molecule has 8 heteroatoms. The maximum absolute atomic E-state index is 13.6. The molecule has 0 saturated heterocycles. The van der Waals surface area contributed by atoms with Crippen LogP contribution < -0.4 is 13.8 Å². The molecular formula is C19H16FNO4S2. The second-order valence-electron chi connectivity index (χ2n) is 5.88. The summed E-state index contributed by atoms with van der Waals surface area (Å²) in [6, 6.07) is 13.7. The van der Waals surface area contributed by atoms with E-state index < -0.39 is 15.8 Å². The molecule has 0 spiro atoms. The number of hydrogen-bond acceptors (Lipinski definition) is 5. The molecule has 140 valence electrons. The summed E-state index contributed by atoms with van der Waals surface area (Å²) in [5.41, 5.74) is 0.428. The Morgan fingerprint density at radius 3 is 2.56 bits per heavy atom. The van der Waals surface area contributed by atoms with Gasteiger partial charge >= 0.3 is 0 Å². The minimum absolute atomic E-state index is 0.103. The van der Waals surface area contributed by atoms with Gasteiger partial charge in [0.05, 0.1) is 17.1 Å². The SMILES string of the molecule is O=S(=O)(c1cccc(F)c1)N(Cc1cccs1)c1ccc2c(c1)OCCO2. The molecule has 0 aliphatic carbocycles. The maximum Gasteiger partial charge on any atom is 0.264 e. The lowest BCUT2D eigenvalue weighted by molar-refractivity contribution is 0.171. The largest absolute Gasteiger partial charge is 0.486 e. The normalized spacial score (nSPS) is 13.4. The van der Waals surface area contributed by atoms with Gasteiger partial charge in [-0.2, -0.15) is 0 Å². The highest BCUT2D eigenvalue weighted by atomic mass is 32.2. The zero-order chi connectivity index (χ0) is 18.9. The number of rotatable bonds is 5. The number of benzene rings is 2. The quantitative estimate of drug-likeness (QED) is 0.643. The van der Waals surface area contributed by atoms with Gasteiger partial charge in [-0.15, -0.1) is 11.3 Å². The van der Waals surface area contributed by atoms with Crippen molar-refractivity contribution in [2.45, 2.75) is 11.4 Å². The fourth-order valence-corrected chi connectivity index (χ4v) is 5.04. The second kappa shape index (κ2) is 7.21. The average Bonchev–Trinajstić information content (AvgIpc) is 3.19. The van der Waals surface area contributed by atoms with Crippen molar-refractivity contribution in [2.75, 3.05) is 17.5 Å². The summed E-state index contributed by atoms with van der Waals surface area (Å²) < 4.78 is 52.5. The Hall–Kier alpha value is -2.58. The van der Waals surface area contributed by atoms with E-state index in [4.69, 9.17) is 9.47 Å². The summed E-state index contributed by atoms with van der Waals surface area (Å²) >= 11 is 1.45. The molecular weight excluding hydrogens is 389 g/mol. The highest BCUT2D eigenvalue weighted by molar-refractivity contribution is 7.92. The summed E-state index contributed by atoms with van der Waals surface area (Å²) in [4.78, 5) is 0.763. The number of ether oxygens (including phenoxy) is 2. The van der Waals surface area contributed by atoms with Gasteiger partial charge < -0.3 is 9.47 Å². The molecule has 0 unspecified atom stereocenters. The fraction of sp³-hybridized carbons (Fsp3) is 0.158. The molecule has 4 rings (SSSR count). The van der Waals surface area contributed by atoms with Crippen molar-refractivity contribution >= 4 is 27.0 Å². The highest BCUT2D eigenvalue weighted by Gasteiger charge is 2.27. The zero-order valence-electron chi connectivity index (χ0n) is 14.2. The summed E-state index contributed by atoms with van der Waals surface area (Å²) in [5.74, 6) is 0.461. The van der Waals surface area contributed by atoms with Crippen LogP contribution >= 0.6 is 11.3 Å². The minimum atomic E-state index is -3.98. The van der Waals surface area contributed by atoms with E-state index in [1.54, 1.807) is 18.2 Å². The number of fused-ring (bicyclic) bond motifs is 1. The van der Waals surface area contributed by atoms with E-state index >= 15 is 0 Å². The smallest absolute Gasteiger partial charge is 0.264 e. The van der Waals surface area contributed by atoms with Gasteiger partial charge in [-0.05, 0) is 41.8 Å².